The molecule has 9 heteroatoms. The lowest BCUT2D eigenvalue weighted by Crippen LogP contribution is -2.47. The minimum absolute atomic E-state index is 0.181. The van der Waals surface area contributed by atoms with Gasteiger partial charge in [0.25, 0.3) is 0 Å². The number of ether oxygens (including phenoxy) is 1. The highest BCUT2D eigenvalue weighted by Gasteiger charge is 2.19. The summed E-state index contributed by atoms with van der Waals surface area (Å²) in [6.45, 7) is 3.23. The lowest BCUT2D eigenvalue weighted by Gasteiger charge is -2.15. The van der Waals surface area contributed by atoms with E-state index in [0.29, 0.717) is 25.7 Å². The summed E-state index contributed by atoms with van der Waals surface area (Å²) in [6, 6.07) is -1.41. The summed E-state index contributed by atoms with van der Waals surface area (Å²) in [5, 5.41) is 22.5. The molecule has 4 N–H and O–H groups in total. The molecule has 0 spiro atoms. The van der Waals surface area contributed by atoms with Crippen LogP contribution in [0.1, 0.15) is 129 Å². The Morgan fingerprint density at radius 3 is 1.74 bits per heavy atom. The normalized spacial score (nSPS) is 13.3. The first-order valence-electron chi connectivity index (χ1n) is 17.7. The maximum Gasteiger partial charge on any atom is 0.328 e. The molecule has 0 radical (unpaired) electrons. The summed E-state index contributed by atoms with van der Waals surface area (Å²) in [5.74, 6) is -2.59. The van der Waals surface area contributed by atoms with Gasteiger partial charge in [-0.3, -0.25) is 14.4 Å². The van der Waals surface area contributed by atoms with Crippen LogP contribution in [0.2, 0.25) is 0 Å². The van der Waals surface area contributed by atoms with Crippen LogP contribution in [0.25, 0.3) is 0 Å². The van der Waals surface area contributed by atoms with Crippen molar-refractivity contribution in [2.24, 2.45) is 0 Å². The van der Waals surface area contributed by atoms with Gasteiger partial charge in [0.1, 0.15) is 12.1 Å². The van der Waals surface area contributed by atoms with E-state index in [9.17, 15) is 19.2 Å². The molecule has 0 bridgehead atoms. The highest BCUT2D eigenvalue weighted by molar-refractivity contribution is 5.87. The first kappa shape index (κ1) is 43.5. The molecular weight excluding hydrogens is 596 g/mol. The molecule has 266 valence electrons. The van der Waals surface area contributed by atoms with Gasteiger partial charge in [-0.1, -0.05) is 113 Å². The monoisotopic (exact) mass is 658 g/mol. The van der Waals surface area contributed by atoms with Crippen molar-refractivity contribution in [3.8, 4) is 0 Å². The fourth-order valence-corrected chi connectivity index (χ4v) is 4.54. The quantitative estimate of drug-likeness (QED) is 0.0357. The van der Waals surface area contributed by atoms with E-state index in [0.717, 1.165) is 51.4 Å². The second-order valence-corrected chi connectivity index (χ2v) is 11.6. The fraction of sp³-hybridized carbons (Fsp3) is 0.632. The first-order valence-corrected chi connectivity index (χ1v) is 17.7. The van der Waals surface area contributed by atoms with Crippen LogP contribution in [-0.4, -0.2) is 59.3 Å². The van der Waals surface area contributed by atoms with Crippen molar-refractivity contribution in [3.05, 3.63) is 60.8 Å². The molecule has 0 saturated heterocycles. The van der Waals surface area contributed by atoms with Crippen LogP contribution >= 0.6 is 0 Å². The molecule has 9 nitrogen and oxygen atoms in total. The summed E-state index contributed by atoms with van der Waals surface area (Å²) in [7, 11) is 0. The number of carboxylic acids is 1. The predicted octanol–water partition coefficient (Wildman–Crippen LogP) is 7.42. The van der Waals surface area contributed by atoms with Gasteiger partial charge >= 0.3 is 11.9 Å². The molecule has 0 aliphatic heterocycles. The molecule has 0 aromatic rings. The highest BCUT2D eigenvalue weighted by Crippen LogP contribution is 2.13. The van der Waals surface area contributed by atoms with Crippen LogP contribution in [0.5, 0.6) is 0 Å². The number of esters is 1. The zero-order valence-corrected chi connectivity index (χ0v) is 29.0. The Bertz CT molecular complexity index is 985. The Labute approximate surface area is 283 Å². The largest absolute Gasteiger partial charge is 0.480 e. The van der Waals surface area contributed by atoms with E-state index >= 15 is 0 Å². The van der Waals surface area contributed by atoms with Crippen molar-refractivity contribution in [2.45, 2.75) is 142 Å². The molecule has 0 aliphatic rings. The van der Waals surface area contributed by atoms with Crippen molar-refractivity contribution in [1.29, 1.82) is 0 Å². The molecule has 0 fully saturated rings. The third-order valence-corrected chi connectivity index (χ3v) is 7.26. The van der Waals surface area contributed by atoms with Gasteiger partial charge in [0.2, 0.25) is 11.8 Å². The fourth-order valence-electron chi connectivity index (χ4n) is 4.54. The van der Waals surface area contributed by atoms with Crippen LogP contribution < -0.4 is 10.6 Å². The van der Waals surface area contributed by atoms with E-state index < -0.39 is 24.5 Å². The van der Waals surface area contributed by atoms with Crippen molar-refractivity contribution in [1.82, 2.24) is 10.6 Å². The van der Waals surface area contributed by atoms with E-state index in [1.165, 1.54) is 32.1 Å². The predicted molar refractivity (Wildman–Crippen MR) is 190 cm³/mol. The molecule has 2 atom stereocenters. The van der Waals surface area contributed by atoms with Gasteiger partial charge in [-0.15, -0.1) is 0 Å². The van der Waals surface area contributed by atoms with E-state index in [1.54, 1.807) is 0 Å². The van der Waals surface area contributed by atoms with Crippen molar-refractivity contribution >= 4 is 23.8 Å². The Hall–Kier alpha value is -3.46. The molecule has 47 heavy (non-hydrogen) atoms. The van der Waals surface area contributed by atoms with Crippen molar-refractivity contribution < 1.29 is 34.1 Å². The third kappa shape index (κ3) is 29.7. The number of rotatable bonds is 30. The first-order chi connectivity index (χ1) is 22.8. The van der Waals surface area contributed by atoms with Gasteiger partial charge in [0.15, 0.2) is 0 Å². The molecule has 0 rings (SSSR count). The Morgan fingerprint density at radius 1 is 0.660 bits per heavy atom. The molecule has 2 amide bonds. The van der Waals surface area contributed by atoms with Crippen molar-refractivity contribution in [2.75, 3.05) is 13.2 Å². The number of aliphatic hydroxyl groups excluding tert-OH is 1. The molecule has 2 unspecified atom stereocenters. The summed E-state index contributed by atoms with van der Waals surface area (Å²) < 4.78 is 5.78. The number of allylic oxidation sites excluding steroid dienone is 9. The number of hydrogen-bond acceptors (Lipinski definition) is 6. The second-order valence-electron chi connectivity index (χ2n) is 11.6. The van der Waals surface area contributed by atoms with Gasteiger partial charge in [-0.2, -0.15) is 0 Å². The zero-order chi connectivity index (χ0) is 34.8. The molecule has 0 aromatic carbocycles. The minimum Gasteiger partial charge on any atom is -0.480 e. The zero-order valence-electron chi connectivity index (χ0n) is 29.0. The standard InChI is InChI=1S/C38H62N2O7/c1-3-5-7-9-11-13-14-15-16-17-18-19-21-23-27-33(47-37(44)30-24-22-20-12-10-8-6-4-2)28-25-26-29-35(42)39-31-36(43)40-34(32-41)38(45)46/h5,7,11,13,15-16,18-19,23,27,33-34,41H,3-4,6,8-10,12,14,17,20-22,24-26,28-32H2,1-2H3,(H,39,42)(H,40,43)(H,45,46)/b7-5-,13-11-,16-15-,19-18-,27-23-. The number of carboxylic acid groups (broad SMARTS) is 1. The van der Waals surface area contributed by atoms with Gasteiger partial charge in [0.05, 0.1) is 13.2 Å². The van der Waals surface area contributed by atoms with E-state index in [2.05, 4.69) is 73.1 Å². The van der Waals surface area contributed by atoms with Gasteiger partial charge < -0.3 is 25.6 Å². The second kappa shape index (κ2) is 32.5. The van der Waals surface area contributed by atoms with Crippen LogP contribution in [0.3, 0.4) is 0 Å². The van der Waals surface area contributed by atoms with Crippen LogP contribution in [-0.2, 0) is 23.9 Å². The van der Waals surface area contributed by atoms with Gasteiger partial charge in [-0.05, 0) is 63.9 Å². The molecule has 0 aromatic heterocycles. The SMILES string of the molecule is CC/C=C\C/C=C\C/C=C\C/C=C\C/C=C\C(CCCCC(=O)NCC(=O)NC(CO)C(=O)O)OC(=O)CCCCCCCCCC. The number of nitrogens with one attached hydrogen (secondary N) is 2. The Kier molecular flexibility index (Phi) is 30.1. The lowest BCUT2D eigenvalue weighted by molar-refractivity contribution is -0.147. The maximum atomic E-state index is 12.6. The lowest BCUT2D eigenvalue weighted by atomic mass is 10.1. The van der Waals surface area contributed by atoms with E-state index in [4.69, 9.17) is 14.9 Å². The smallest absolute Gasteiger partial charge is 0.328 e. The molecular formula is C38H62N2O7. The number of hydrogen-bond donors (Lipinski definition) is 4. The van der Waals surface area contributed by atoms with Crippen LogP contribution in [0.4, 0.5) is 0 Å². The number of carbonyl (C=O) groups excluding carboxylic acids is 3. The average Bonchev–Trinajstić information content (AvgIpc) is 3.05. The maximum absolute atomic E-state index is 12.6. The van der Waals surface area contributed by atoms with Crippen LogP contribution in [0.15, 0.2) is 60.8 Å². The average molecular weight is 659 g/mol. The number of aliphatic carboxylic acids is 1. The summed E-state index contributed by atoms with van der Waals surface area (Å²) in [6.07, 6.45) is 36.9. The Morgan fingerprint density at radius 2 is 1.19 bits per heavy atom. The van der Waals surface area contributed by atoms with E-state index in [1.807, 2.05) is 12.2 Å². The van der Waals surface area contributed by atoms with Crippen molar-refractivity contribution in [3.63, 3.8) is 0 Å². The molecule has 0 saturated carbocycles. The Balaban J connectivity index is 4.62. The third-order valence-electron chi connectivity index (χ3n) is 7.26. The van der Waals surface area contributed by atoms with E-state index in [-0.39, 0.29) is 30.9 Å². The topological polar surface area (TPSA) is 142 Å². The van der Waals surface area contributed by atoms with Crippen LogP contribution in [0, 0.1) is 0 Å². The minimum atomic E-state index is -1.41. The number of unbranched alkanes of at least 4 members (excludes halogenated alkanes) is 8. The number of carbonyl (C=O) groups is 4. The summed E-state index contributed by atoms with van der Waals surface area (Å²) in [5.41, 5.74) is 0. The molecule has 0 aliphatic carbocycles. The summed E-state index contributed by atoms with van der Waals surface area (Å²) >= 11 is 0. The molecule has 0 heterocycles. The van der Waals surface area contributed by atoms with Gasteiger partial charge in [-0.25, -0.2) is 4.79 Å². The number of amides is 2. The summed E-state index contributed by atoms with van der Waals surface area (Å²) in [4.78, 5) is 47.4. The van der Waals surface area contributed by atoms with Gasteiger partial charge in [0, 0.05) is 12.8 Å². The number of aliphatic hydroxyl groups is 1. The highest BCUT2D eigenvalue weighted by atomic mass is 16.5.